The molecule has 0 N–H and O–H groups in total. The van der Waals surface area contributed by atoms with Crippen molar-refractivity contribution < 1.29 is 18.8 Å². The van der Waals surface area contributed by atoms with Crippen molar-refractivity contribution in [1.82, 2.24) is 9.78 Å². The van der Waals surface area contributed by atoms with E-state index in [4.69, 9.17) is 14.0 Å². The maximum absolute atomic E-state index is 11.9. The van der Waals surface area contributed by atoms with Crippen LogP contribution in [0, 0.1) is 6.92 Å². The number of methoxy groups -OCH3 is 1. The van der Waals surface area contributed by atoms with Gasteiger partial charge in [-0.3, -0.25) is 9.48 Å². The van der Waals surface area contributed by atoms with Crippen molar-refractivity contribution in [3.8, 4) is 0 Å². The molecule has 0 radical (unpaired) electrons. The Balaban J connectivity index is 2.46. The molecule has 2 heterocycles. The monoisotopic (exact) mass is 308 g/mol. The number of hydrogen-bond donors (Lipinski definition) is 0. The summed E-state index contributed by atoms with van der Waals surface area (Å²) in [4.78, 5) is 11.9. The molecule has 7 heteroatoms. The van der Waals surface area contributed by atoms with Crippen LogP contribution in [-0.4, -0.2) is 41.2 Å². The van der Waals surface area contributed by atoms with Crippen LogP contribution in [0.3, 0.4) is 0 Å². The molecule has 0 saturated carbocycles. The van der Waals surface area contributed by atoms with E-state index in [9.17, 15) is 4.79 Å². The van der Waals surface area contributed by atoms with Crippen LogP contribution in [0.2, 0.25) is 0 Å². The molecular weight excluding hydrogens is 283 g/mol. The summed E-state index contributed by atoms with van der Waals surface area (Å²) >= 11 is 0. The first-order valence-corrected chi connectivity index (χ1v) is 7.48. The SMILES string of the molecule is COC(=O)C(C)c1nn(C)c(C)c1B1OC(C)(C)C(C)(C)O1. The molecule has 6 nitrogen and oxygen atoms in total. The molecule has 1 aliphatic heterocycles. The molecule has 1 aromatic rings. The van der Waals surface area contributed by atoms with Crippen LogP contribution in [0.4, 0.5) is 0 Å². The zero-order valence-corrected chi connectivity index (χ0v) is 14.7. The number of rotatable bonds is 3. The maximum atomic E-state index is 11.9. The predicted octanol–water partition coefficient (Wildman–Crippen LogP) is 1.30. The smallest absolute Gasteiger partial charge is 0.469 e. The lowest BCUT2D eigenvalue weighted by Crippen LogP contribution is -2.41. The first-order valence-electron chi connectivity index (χ1n) is 7.48. The van der Waals surface area contributed by atoms with Crippen molar-refractivity contribution in [2.45, 2.75) is 58.7 Å². The van der Waals surface area contributed by atoms with E-state index in [1.165, 1.54) is 7.11 Å². The average molecular weight is 308 g/mol. The van der Waals surface area contributed by atoms with Crippen LogP contribution >= 0.6 is 0 Å². The van der Waals surface area contributed by atoms with Gasteiger partial charge in [0.05, 0.1) is 29.9 Å². The van der Waals surface area contributed by atoms with Gasteiger partial charge in [0.15, 0.2) is 0 Å². The lowest BCUT2D eigenvalue weighted by molar-refractivity contribution is -0.142. The zero-order valence-electron chi connectivity index (χ0n) is 14.7. The quantitative estimate of drug-likeness (QED) is 0.622. The van der Waals surface area contributed by atoms with E-state index >= 15 is 0 Å². The lowest BCUT2D eigenvalue weighted by Gasteiger charge is -2.32. The predicted molar refractivity (Wildman–Crippen MR) is 84.1 cm³/mol. The Morgan fingerprint density at radius 2 is 1.77 bits per heavy atom. The number of carbonyl (C=O) groups excluding carboxylic acids is 1. The molecule has 0 spiro atoms. The largest absolute Gasteiger partial charge is 0.498 e. The van der Waals surface area contributed by atoms with Crippen LogP contribution in [0.5, 0.6) is 0 Å². The average Bonchev–Trinajstić information content (AvgIpc) is 2.82. The number of ether oxygens (including phenoxy) is 1. The van der Waals surface area contributed by atoms with Crippen LogP contribution < -0.4 is 5.46 Å². The second-order valence-electron chi connectivity index (χ2n) is 6.84. The Morgan fingerprint density at radius 1 is 1.27 bits per heavy atom. The van der Waals surface area contributed by atoms with Crippen molar-refractivity contribution in [2.75, 3.05) is 7.11 Å². The first kappa shape index (κ1) is 17.0. The highest BCUT2D eigenvalue weighted by atomic mass is 16.7. The highest BCUT2D eigenvalue weighted by Crippen LogP contribution is 2.37. The minimum absolute atomic E-state index is 0.323. The van der Waals surface area contributed by atoms with E-state index in [0.29, 0.717) is 5.69 Å². The van der Waals surface area contributed by atoms with Gasteiger partial charge in [-0.05, 0) is 41.5 Å². The fourth-order valence-electron chi connectivity index (χ4n) is 2.51. The summed E-state index contributed by atoms with van der Waals surface area (Å²) in [5.74, 6) is -0.796. The molecule has 1 saturated heterocycles. The van der Waals surface area contributed by atoms with Crippen LogP contribution in [-0.2, 0) is 25.9 Å². The summed E-state index contributed by atoms with van der Waals surface area (Å²) in [6, 6.07) is 0. The maximum Gasteiger partial charge on any atom is 0.498 e. The van der Waals surface area contributed by atoms with Crippen molar-refractivity contribution in [3.05, 3.63) is 11.4 Å². The Labute approximate surface area is 132 Å². The van der Waals surface area contributed by atoms with Gasteiger partial charge in [-0.2, -0.15) is 5.10 Å². The summed E-state index contributed by atoms with van der Waals surface area (Å²) in [6.07, 6.45) is 0. The van der Waals surface area contributed by atoms with Gasteiger partial charge in [-0.15, -0.1) is 0 Å². The van der Waals surface area contributed by atoms with Gasteiger partial charge in [-0.25, -0.2) is 0 Å². The van der Waals surface area contributed by atoms with Crippen LogP contribution in [0.15, 0.2) is 0 Å². The summed E-state index contributed by atoms with van der Waals surface area (Å²) in [7, 11) is 2.68. The normalized spacial score (nSPS) is 21.0. The van der Waals surface area contributed by atoms with E-state index in [2.05, 4.69) is 5.10 Å². The number of aromatic nitrogens is 2. The van der Waals surface area contributed by atoms with Gasteiger partial charge in [0, 0.05) is 18.2 Å². The molecule has 22 heavy (non-hydrogen) atoms. The number of aryl methyl sites for hydroxylation is 1. The zero-order chi connectivity index (χ0) is 16.9. The van der Waals surface area contributed by atoms with Crippen LogP contribution in [0.25, 0.3) is 0 Å². The molecule has 0 amide bonds. The van der Waals surface area contributed by atoms with Gasteiger partial charge in [-0.1, -0.05) is 0 Å². The fraction of sp³-hybridized carbons (Fsp3) is 0.733. The first-order chi connectivity index (χ1) is 10.0. The standard InChI is InChI=1S/C15H25BN2O4/c1-9(13(19)20-8)12-11(10(2)18(7)17-12)16-21-14(3,4)15(5,6)22-16/h9H,1-8H3. The van der Waals surface area contributed by atoms with Crippen molar-refractivity contribution in [1.29, 1.82) is 0 Å². The molecule has 1 fully saturated rings. The van der Waals surface area contributed by atoms with Gasteiger partial charge >= 0.3 is 13.1 Å². The van der Waals surface area contributed by atoms with Gasteiger partial charge < -0.3 is 14.0 Å². The van der Waals surface area contributed by atoms with Gasteiger partial charge in [0.1, 0.15) is 0 Å². The molecule has 122 valence electrons. The molecule has 1 unspecified atom stereocenters. The Morgan fingerprint density at radius 3 is 2.23 bits per heavy atom. The summed E-state index contributed by atoms with van der Waals surface area (Å²) in [5.41, 5.74) is 1.51. The molecule has 1 aliphatic rings. The topological polar surface area (TPSA) is 62.6 Å². The molecule has 1 aromatic heterocycles. The third-order valence-electron chi connectivity index (χ3n) is 4.86. The lowest BCUT2D eigenvalue weighted by atomic mass is 9.75. The van der Waals surface area contributed by atoms with Gasteiger partial charge in [0.2, 0.25) is 0 Å². The second kappa shape index (κ2) is 5.39. The van der Waals surface area contributed by atoms with E-state index in [1.807, 2.05) is 41.7 Å². The minimum atomic E-state index is -0.541. The summed E-state index contributed by atoms with van der Waals surface area (Å²) in [5, 5.41) is 4.48. The molecule has 0 aliphatic carbocycles. The molecule has 1 atom stereocenters. The Bertz CT molecular complexity index is 579. The highest BCUT2D eigenvalue weighted by molar-refractivity contribution is 6.63. The van der Waals surface area contributed by atoms with E-state index in [1.54, 1.807) is 11.6 Å². The third kappa shape index (κ3) is 2.56. The minimum Gasteiger partial charge on any atom is -0.469 e. The summed E-state index contributed by atoms with van der Waals surface area (Å²) in [6.45, 7) is 11.7. The number of hydrogen-bond acceptors (Lipinski definition) is 5. The third-order valence-corrected chi connectivity index (χ3v) is 4.86. The van der Waals surface area contributed by atoms with Crippen molar-refractivity contribution in [3.63, 3.8) is 0 Å². The summed E-state index contributed by atoms with van der Waals surface area (Å²) < 4.78 is 18.8. The Hall–Kier alpha value is -1.34. The van der Waals surface area contributed by atoms with Crippen molar-refractivity contribution >= 4 is 18.6 Å². The number of esters is 1. The molecule has 2 rings (SSSR count). The van der Waals surface area contributed by atoms with Gasteiger partial charge in [0.25, 0.3) is 0 Å². The number of nitrogens with zero attached hydrogens (tertiary/aromatic N) is 2. The Kier molecular flexibility index (Phi) is 4.17. The van der Waals surface area contributed by atoms with E-state index in [-0.39, 0.29) is 5.97 Å². The highest BCUT2D eigenvalue weighted by Gasteiger charge is 2.53. The van der Waals surface area contributed by atoms with Crippen molar-refractivity contribution in [2.24, 2.45) is 7.05 Å². The molecular formula is C15H25BN2O4. The fourth-order valence-corrected chi connectivity index (χ4v) is 2.51. The van der Waals surface area contributed by atoms with E-state index in [0.717, 1.165) is 11.2 Å². The second-order valence-corrected chi connectivity index (χ2v) is 6.84. The molecule has 0 bridgehead atoms. The van der Waals surface area contributed by atoms with Crippen LogP contribution in [0.1, 0.15) is 51.9 Å². The number of carbonyl (C=O) groups is 1. The molecule has 0 aromatic carbocycles. The van der Waals surface area contributed by atoms with E-state index < -0.39 is 24.2 Å².